The first-order chi connectivity index (χ1) is 15.3. The molecule has 0 bridgehead atoms. The van der Waals surface area contributed by atoms with E-state index in [1.54, 1.807) is 16.9 Å². The van der Waals surface area contributed by atoms with Gasteiger partial charge in [0, 0.05) is 37.1 Å². The maximum Gasteiger partial charge on any atom is 0.223 e. The normalized spacial score (nSPS) is 16.5. The van der Waals surface area contributed by atoms with E-state index < -0.39 is 0 Å². The summed E-state index contributed by atoms with van der Waals surface area (Å²) in [5, 5.41) is 8.67. The highest BCUT2D eigenvalue weighted by atomic mass is 16.5. The van der Waals surface area contributed by atoms with Crippen LogP contribution in [0.5, 0.6) is 0 Å². The van der Waals surface area contributed by atoms with Crippen LogP contribution < -0.4 is 0 Å². The molecule has 1 aliphatic rings. The Morgan fingerprint density at radius 1 is 1.03 bits per heavy atom. The third-order valence-electron chi connectivity index (χ3n) is 5.65. The fraction of sp³-hybridized carbons (Fsp3) is 0.250. The molecule has 7 nitrogen and oxygen atoms in total. The number of aryl methyl sites for hydroxylation is 1. The van der Waals surface area contributed by atoms with Gasteiger partial charge in [0.15, 0.2) is 0 Å². The van der Waals surface area contributed by atoms with Crippen molar-refractivity contribution in [1.29, 1.82) is 0 Å². The van der Waals surface area contributed by atoms with Crippen LogP contribution in [0.2, 0.25) is 0 Å². The Hall–Kier alpha value is -3.58. The van der Waals surface area contributed by atoms with Crippen molar-refractivity contribution < 1.29 is 9.53 Å². The zero-order valence-corrected chi connectivity index (χ0v) is 17.1. The van der Waals surface area contributed by atoms with E-state index in [-0.39, 0.29) is 12.0 Å². The van der Waals surface area contributed by atoms with E-state index in [4.69, 9.17) is 4.74 Å². The highest BCUT2D eigenvalue weighted by Gasteiger charge is 2.28. The molecule has 0 unspecified atom stereocenters. The monoisotopic (exact) mass is 413 g/mol. The van der Waals surface area contributed by atoms with Crippen molar-refractivity contribution in [3.63, 3.8) is 0 Å². The lowest BCUT2D eigenvalue weighted by molar-refractivity contribution is -0.139. The van der Waals surface area contributed by atoms with Crippen molar-refractivity contribution in [2.24, 2.45) is 0 Å². The number of amides is 1. The number of fused-ring (bicyclic) bond motifs is 1. The molecule has 0 aliphatic carbocycles. The molecule has 0 spiro atoms. The Morgan fingerprint density at radius 3 is 2.71 bits per heavy atom. The fourth-order valence-electron chi connectivity index (χ4n) is 3.95. The van der Waals surface area contributed by atoms with Gasteiger partial charge in [-0.15, -0.1) is 5.10 Å². The first-order valence-corrected chi connectivity index (χ1v) is 10.5. The van der Waals surface area contributed by atoms with Crippen LogP contribution in [0.15, 0.2) is 73.2 Å². The minimum atomic E-state index is -0.279. The predicted molar refractivity (Wildman–Crippen MR) is 116 cm³/mol. The Morgan fingerprint density at radius 2 is 1.87 bits per heavy atom. The third kappa shape index (κ3) is 4.18. The largest absolute Gasteiger partial charge is 0.368 e. The molecule has 0 saturated carbocycles. The molecule has 1 atom stereocenters. The Balaban J connectivity index is 1.30. The van der Waals surface area contributed by atoms with E-state index in [1.807, 2.05) is 53.6 Å². The van der Waals surface area contributed by atoms with Gasteiger partial charge in [-0.25, -0.2) is 4.52 Å². The van der Waals surface area contributed by atoms with Crippen molar-refractivity contribution in [3.05, 3.63) is 84.4 Å². The molecule has 0 radical (unpaired) electrons. The molecular weight excluding hydrogens is 390 g/mol. The maximum absolute atomic E-state index is 12.8. The second-order valence-corrected chi connectivity index (χ2v) is 7.64. The minimum absolute atomic E-state index is 0.147. The Bertz CT molecular complexity index is 1180. The molecule has 4 heterocycles. The average molecular weight is 413 g/mol. The smallest absolute Gasteiger partial charge is 0.223 e. The quantitative estimate of drug-likeness (QED) is 0.502. The number of benzene rings is 1. The molecular formula is C24H23N5O2. The van der Waals surface area contributed by atoms with Crippen molar-refractivity contribution in [3.8, 4) is 11.1 Å². The number of hydrogen-bond donors (Lipinski definition) is 0. The fourth-order valence-corrected chi connectivity index (χ4v) is 3.95. The predicted octanol–water partition coefficient (Wildman–Crippen LogP) is 3.32. The van der Waals surface area contributed by atoms with Crippen LogP contribution >= 0.6 is 0 Å². The molecule has 1 fully saturated rings. The van der Waals surface area contributed by atoms with Crippen LogP contribution in [0.1, 0.15) is 23.8 Å². The maximum atomic E-state index is 12.8. The molecule has 5 rings (SSSR count). The third-order valence-corrected chi connectivity index (χ3v) is 5.65. The van der Waals surface area contributed by atoms with Gasteiger partial charge in [0.05, 0.1) is 18.7 Å². The molecule has 1 amide bonds. The molecule has 1 aromatic carbocycles. The average Bonchev–Trinajstić information content (AvgIpc) is 3.27. The summed E-state index contributed by atoms with van der Waals surface area (Å²) in [5.41, 5.74) is 4.94. The van der Waals surface area contributed by atoms with Gasteiger partial charge >= 0.3 is 0 Å². The second-order valence-electron chi connectivity index (χ2n) is 7.64. The van der Waals surface area contributed by atoms with Crippen molar-refractivity contribution in [2.75, 3.05) is 19.7 Å². The summed E-state index contributed by atoms with van der Waals surface area (Å²) in [6.07, 6.45) is 6.45. The van der Waals surface area contributed by atoms with Gasteiger partial charge < -0.3 is 9.64 Å². The summed E-state index contributed by atoms with van der Waals surface area (Å²) in [5.74, 6) is 0.147. The first-order valence-electron chi connectivity index (χ1n) is 10.5. The lowest BCUT2D eigenvalue weighted by Crippen LogP contribution is -2.42. The molecule has 3 aromatic heterocycles. The number of hydrogen-bond acceptors (Lipinski definition) is 5. The summed E-state index contributed by atoms with van der Waals surface area (Å²) < 4.78 is 7.74. The standard InChI is InChI=1S/C24H23N5O2/c30-23(9-6-18-4-2-1-3-5-18)28-14-15-31-22(17-28)24-21-8-7-20(16-29(21)27-26-24)19-10-12-25-13-11-19/h1-5,7-8,10-13,16,22H,6,9,14-15,17H2/t22-/m1/s1. The van der Waals surface area contributed by atoms with Crippen molar-refractivity contribution in [2.45, 2.75) is 18.9 Å². The van der Waals surface area contributed by atoms with Crippen LogP contribution in [0.25, 0.3) is 16.6 Å². The molecule has 0 N–H and O–H groups in total. The van der Waals surface area contributed by atoms with E-state index in [0.29, 0.717) is 26.1 Å². The van der Waals surface area contributed by atoms with Gasteiger partial charge in [-0.05, 0) is 35.7 Å². The van der Waals surface area contributed by atoms with Crippen LogP contribution in [0.4, 0.5) is 0 Å². The number of aromatic nitrogens is 4. The lowest BCUT2D eigenvalue weighted by atomic mass is 10.1. The number of pyridine rings is 2. The molecule has 31 heavy (non-hydrogen) atoms. The van der Waals surface area contributed by atoms with E-state index >= 15 is 0 Å². The summed E-state index contributed by atoms with van der Waals surface area (Å²) in [6.45, 7) is 1.60. The molecule has 156 valence electrons. The van der Waals surface area contributed by atoms with Crippen LogP contribution in [-0.4, -0.2) is 50.3 Å². The summed E-state index contributed by atoms with van der Waals surface area (Å²) in [6, 6.07) is 18.1. The molecule has 1 aliphatic heterocycles. The van der Waals surface area contributed by atoms with Crippen molar-refractivity contribution in [1.82, 2.24) is 24.7 Å². The number of carbonyl (C=O) groups excluding carboxylic acids is 1. The first kappa shape index (κ1) is 19.4. The SMILES string of the molecule is O=C(CCc1ccccc1)N1CCO[C@@H](c2nnn3cc(-c4ccncc4)ccc23)C1. The number of carbonyl (C=O) groups is 1. The van der Waals surface area contributed by atoms with Gasteiger partial charge in [-0.1, -0.05) is 41.6 Å². The van der Waals surface area contributed by atoms with Gasteiger partial charge in [0.2, 0.25) is 5.91 Å². The molecule has 1 saturated heterocycles. The van der Waals surface area contributed by atoms with E-state index in [0.717, 1.165) is 28.8 Å². The number of morpholine rings is 1. The zero-order valence-electron chi connectivity index (χ0n) is 17.1. The Kier molecular flexibility index (Phi) is 5.41. The Labute approximate surface area is 180 Å². The van der Waals surface area contributed by atoms with Gasteiger partial charge in [0.25, 0.3) is 0 Å². The van der Waals surface area contributed by atoms with Gasteiger partial charge in [-0.2, -0.15) is 0 Å². The van der Waals surface area contributed by atoms with E-state index in [2.05, 4.69) is 27.4 Å². The molecule has 7 heteroatoms. The summed E-state index contributed by atoms with van der Waals surface area (Å²) >= 11 is 0. The topological polar surface area (TPSA) is 72.6 Å². The second kappa shape index (κ2) is 8.65. The summed E-state index contributed by atoms with van der Waals surface area (Å²) in [4.78, 5) is 18.7. The highest BCUT2D eigenvalue weighted by Crippen LogP contribution is 2.27. The number of rotatable bonds is 5. The zero-order chi connectivity index (χ0) is 21.0. The van der Waals surface area contributed by atoms with Gasteiger partial charge in [0.1, 0.15) is 11.8 Å². The summed E-state index contributed by atoms with van der Waals surface area (Å²) in [7, 11) is 0. The van der Waals surface area contributed by atoms with Crippen LogP contribution in [0.3, 0.4) is 0 Å². The van der Waals surface area contributed by atoms with Crippen molar-refractivity contribution >= 4 is 11.4 Å². The van der Waals surface area contributed by atoms with E-state index in [9.17, 15) is 4.79 Å². The number of ether oxygens (including phenoxy) is 1. The van der Waals surface area contributed by atoms with Crippen LogP contribution in [0, 0.1) is 0 Å². The number of nitrogens with zero attached hydrogens (tertiary/aromatic N) is 5. The van der Waals surface area contributed by atoms with E-state index in [1.165, 1.54) is 5.56 Å². The lowest BCUT2D eigenvalue weighted by Gasteiger charge is -2.32. The van der Waals surface area contributed by atoms with Crippen LogP contribution in [-0.2, 0) is 16.0 Å². The molecule has 4 aromatic rings. The van der Waals surface area contributed by atoms with Gasteiger partial charge in [-0.3, -0.25) is 9.78 Å². The minimum Gasteiger partial charge on any atom is -0.368 e. The highest BCUT2D eigenvalue weighted by molar-refractivity contribution is 5.76.